The van der Waals surface area contributed by atoms with Gasteiger partial charge in [0, 0.05) is 10.0 Å². The number of hydrogen-bond acceptors (Lipinski definition) is 5. The van der Waals surface area contributed by atoms with Crippen molar-refractivity contribution >= 4 is 26.0 Å². The van der Waals surface area contributed by atoms with Crippen LogP contribution in [0.1, 0.15) is 0 Å². The molecule has 0 bridgehead atoms. The molecule has 3 rings (SSSR count). The number of benzene rings is 2. The lowest BCUT2D eigenvalue weighted by Gasteiger charge is -2.07. The summed E-state index contributed by atoms with van der Waals surface area (Å²) in [7, 11) is -2.70. The predicted molar refractivity (Wildman–Crippen MR) is 88.7 cm³/mol. The summed E-state index contributed by atoms with van der Waals surface area (Å²) in [6, 6.07) is 11.4. The highest BCUT2D eigenvalue weighted by Crippen LogP contribution is 2.25. The number of hydrogen-bond donors (Lipinski definition) is 0. The van der Waals surface area contributed by atoms with Crippen LogP contribution in [0, 0.1) is 5.82 Å². The first-order valence-electron chi connectivity index (χ1n) is 6.70. The highest BCUT2D eigenvalue weighted by molar-refractivity contribution is 9.10. The van der Waals surface area contributed by atoms with Crippen LogP contribution in [0.2, 0.25) is 0 Å². The van der Waals surface area contributed by atoms with Gasteiger partial charge in [0.1, 0.15) is 5.82 Å². The zero-order chi connectivity index (χ0) is 17.3. The molecule has 9 heteroatoms. The summed E-state index contributed by atoms with van der Waals surface area (Å²) in [4.78, 5) is 4.05. The molecule has 0 atom stereocenters. The largest absolute Gasteiger partial charge is 0.466 e. The van der Waals surface area contributed by atoms with Crippen molar-refractivity contribution < 1.29 is 17.5 Å². The minimum atomic E-state index is -4.02. The van der Waals surface area contributed by atoms with Crippen molar-refractivity contribution in [3.63, 3.8) is 0 Å². The van der Waals surface area contributed by atoms with E-state index in [0.29, 0.717) is 0 Å². The normalized spacial score (nSPS) is 11.5. The molecule has 0 spiro atoms. The number of aromatic nitrogens is 3. The number of ether oxygens (including phenoxy) is 1. The molecular weight excluding hydrogens is 401 g/mol. The van der Waals surface area contributed by atoms with E-state index in [1.165, 1.54) is 37.4 Å². The Morgan fingerprint density at radius 3 is 2.50 bits per heavy atom. The summed E-state index contributed by atoms with van der Waals surface area (Å²) in [5, 5.41) is 3.87. The molecule has 0 aliphatic carbocycles. The summed E-state index contributed by atoms with van der Waals surface area (Å²) in [5.41, 5.74) is 0.270. The van der Waals surface area contributed by atoms with Gasteiger partial charge in [-0.25, -0.2) is 4.39 Å². The van der Waals surface area contributed by atoms with Gasteiger partial charge in [-0.15, -0.1) is 4.09 Å². The number of methoxy groups -OCH3 is 1. The summed E-state index contributed by atoms with van der Waals surface area (Å²) >= 11 is 3.25. The number of rotatable bonds is 4. The van der Waals surface area contributed by atoms with Crippen molar-refractivity contribution in [1.29, 1.82) is 0 Å². The lowest BCUT2D eigenvalue weighted by molar-refractivity contribution is 0.380. The Labute approximate surface area is 146 Å². The molecule has 0 N–H and O–H groups in total. The first kappa shape index (κ1) is 16.6. The van der Waals surface area contributed by atoms with Crippen LogP contribution in [0.15, 0.2) is 57.9 Å². The molecule has 124 valence electrons. The molecule has 0 fully saturated rings. The average Bonchev–Trinajstić information content (AvgIpc) is 3.00. The van der Waals surface area contributed by atoms with E-state index in [9.17, 15) is 12.8 Å². The topological polar surface area (TPSA) is 74.1 Å². The van der Waals surface area contributed by atoms with Gasteiger partial charge in [0.2, 0.25) is 0 Å². The second kappa shape index (κ2) is 6.33. The molecule has 0 unspecified atom stereocenters. The Balaban J connectivity index is 2.20. The Kier molecular flexibility index (Phi) is 4.37. The first-order valence-corrected chi connectivity index (χ1v) is 8.93. The molecule has 0 amide bonds. The fraction of sp³-hybridized carbons (Fsp3) is 0.0667. The Morgan fingerprint density at radius 2 is 1.88 bits per heavy atom. The minimum Gasteiger partial charge on any atom is -0.466 e. The van der Waals surface area contributed by atoms with Crippen molar-refractivity contribution in [3.8, 4) is 17.4 Å². The molecule has 2 aromatic carbocycles. The zero-order valence-corrected chi connectivity index (χ0v) is 14.8. The first-order chi connectivity index (χ1) is 11.4. The molecule has 1 heterocycles. The summed E-state index contributed by atoms with van der Waals surface area (Å²) in [6.07, 6.45) is 0. The van der Waals surface area contributed by atoms with Crippen LogP contribution in [0.3, 0.4) is 0 Å². The summed E-state index contributed by atoms with van der Waals surface area (Å²) < 4.78 is 45.6. The summed E-state index contributed by atoms with van der Waals surface area (Å²) in [5.74, 6) is -0.545. The van der Waals surface area contributed by atoms with E-state index in [2.05, 4.69) is 26.0 Å². The predicted octanol–water partition coefficient (Wildman–Crippen LogP) is 3.09. The maximum absolute atomic E-state index is 13.5. The third-order valence-corrected chi connectivity index (χ3v) is 5.27. The van der Waals surface area contributed by atoms with Gasteiger partial charge in [0.05, 0.1) is 12.0 Å². The molecule has 3 aromatic rings. The van der Waals surface area contributed by atoms with Gasteiger partial charge in [-0.3, -0.25) is 0 Å². The van der Waals surface area contributed by atoms with E-state index in [1.807, 2.05) is 0 Å². The minimum absolute atomic E-state index is 0.0240. The van der Waals surface area contributed by atoms with Gasteiger partial charge >= 0.3 is 6.01 Å². The smallest absolute Gasteiger partial charge is 0.336 e. The van der Waals surface area contributed by atoms with Crippen LogP contribution in [-0.4, -0.2) is 29.7 Å². The second-order valence-electron chi connectivity index (χ2n) is 4.73. The van der Waals surface area contributed by atoms with Crippen molar-refractivity contribution in [3.05, 3.63) is 58.8 Å². The van der Waals surface area contributed by atoms with Crippen LogP contribution in [0.4, 0.5) is 4.39 Å². The molecule has 0 aliphatic rings. The van der Waals surface area contributed by atoms with Crippen molar-refractivity contribution in [1.82, 2.24) is 14.2 Å². The Hall–Kier alpha value is -2.26. The van der Waals surface area contributed by atoms with Gasteiger partial charge in [0.25, 0.3) is 10.0 Å². The lowest BCUT2D eigenvalue weighted by Crippen LogP contribution is -2.16. The molecule has 0 saturated carbocycles. The van der Waals surface area contributed by atoms with Crippen LogP contribution in [0.25, 0.3) is 11.4 Å². The zero-order valence-electron chi connectivity index (χ0n) is 12.3. The highest BCUT2D eigenvalue weighted by Gasteiger charge is 2.25. The Morgan fingerprint density at radius 1 is 1.17 bits per heavy atom. The van der Waals surface area contributed by atoms with E-state index >= 15 is 0 Å². The van der Waals surface area contributed by atoms with E-state index in [4.69, 9.17) is 4.74 Å². The third-order valence-electron chi connectivity index (χ3n) is 3.16. The van der Waals surface area contributed by atoms with Gasteiger partial charge in [0.15, 0.2) is 5.82 Å². The standard InChI is InChI=1S/C15H11BrFN3O3S/c1-23-15-18-14(10-3-2-4-12(17)9-10)20(19-15)24(21,22)13-7-5-11(16)6-8-13/h2-9H,1H3. The van der Waals surface area contributed by atoms with Crippen molar-refractivity contribution in [2.24, 2.45) is 0 Å². The van der Waals surface area contributed by atoms with Gasteiger partial charge < -0.3 is 4.74 Å². The molecule has 1 aromatic heterocycles. The van der Waals surface area contributed by atoms with Crippen LogP contribution < -0.4 is 4.74 Å². The monoisotopic (exact) mass is 411 g/mol. The summed E-state index contributed by atoms with van der Waals surface area (Å²) in [6.45, 7) is 0. The highest BCUT2D eigenvalue weighted by atomic mass is 79.9. The van der Waals surface area contributed by atoms with Gasteiger partial charge in [-0.2, -0.15) is 13.4 Å². The fourth-order valence-electron chi connectivity index (χ4n) is 2.04. The lowest BCUT2D eigenvalue weighted by atomic mass is 10.2. The number of halogens is 2. The third kappa shape index (κ3) is 3.04. The van der Waals surface area contributed by atoms with Crippen molar-refractivity contribution in [2.75, 3.05) is 7.11 Å². The molecule has 24 heavy (non-hydrogen) atoms. The SMILES string of the molecule is COc1nc(-c2cccc(F)c2)n(S(=O)(=O)c2ccc(Br)cc2)n1. The van der Waals surface area contributed by atoms with E-state index in [0.717, 1.165) is 8.56 Å². The molecule has 6 nitrogen and oxygen atoms in total. The second-order valence-corrected chi connectivity index (χ2v) is 7.42. The molecule has 0 saturated heterocycles. The Bertz CT molecular complexity index is 987. The van der Waals surface area contributed by atoms with Crippen LogP contribution in [0.5, 0.6) is 6.01 Å². The van der Waals surface area contributed by atoms with Crippen LogP contribution in [-0.2, 0) is 10.0 Å². The average molecular weight is 412 g/mol. The van der Waals surface area contributed by atoms with Crippen molar-refractivity contribution in [2.45, 2.75) is 4.90 Å². The maximum Gasteiger partial charge on any atom is 0.336 e. The molecular formula is C15H11BrFN3O3S. The van der Waals surface area contributed by atoms with Crippen LogP contribution >= 0.6 is 15.9 Å². The maximum atomic E-state index is 13.5. The van der Waals surface area contributed by atoms with E-state index in [1.54, 1.807) is 18.2 Å². The number of nitrogens with zero attached hydrogens (tertiary/aromatic N) is 3. The van der Waals surface area contributed by atoms with E-state index in [-0.39, 0.29) is 22.3 Å². The molecule has 0 radical (unpaired) electrons. The van der Waals surface area contributed by atoms with E-state index < -0.39 is 15.8 Å². The quantitative estimate of drug-likeness (QED) is 0.659. The molecule has 0 aliphatic heterocycles. The van der Waals surface area contributed by atoms with Gasteiger partial charge in [-0.05, 0) is 36.4 Å². The fourth-order valence-corrected chi connectivity index (χ4v) is 3.54. The van der Waals surface area contributed by atoms with Gasteiger partial charge in [-0.1, -0.05) is 33.2 Å².